The Morgan fingerprint density at radius 1 is 1.13 bits per heavy atom. The van der Waals surface area contributed by atoms with Crippen molar-refractivity contribution in [3.63, 3.8) is 0 Å². The number of carbonyl (C=O) groups excluding carboxylic acids is 1. The molecule has 0 radical (unpaired) electrons. The molecule has 4 rings (SSSR count). The van der Waals surface area contributed by atoms with Gasteiger partial charge in [0, 0.05) is 26.3 Å². The number of rotatable bonds is 5. The molecular weight excluding hydrogens is 432 g/mol. The number of sulfonamides is 1. The standard InChI is InChI=1S/C22H26N4O3S2/c1-14-7-8-15(2)18(11-14)24-31(28,29)17-12-19(25(4)13-17)21-23-16(3)20(30-21)22(27)26-9-5-6-10-26/h7-8,11-13,24H,5-6,9-10H2,1-4H3. The number of hydrogen-bond donors (Lipinski definition) is 1. The summed E-state index contributed by atoms with van der Waals surface area (Å²) in [6.45, 7) is 7.17. The van der Waals surface area contributed by atoms with Gasteiger partial charge in [-0.15, -0.1) is 11.3 Å². The van der Waals surface area contributed by atoms with Crippen molar-refractivity contribution < 1.29 is 13.2 Å². The SMILES string of the molecule is Cc1ccc(C)c(NS(=O)(=O)c2cc(-c3nc(C)c(C(=O)N4CCCC4)s3)n(C)c2)c1. The van der Waals surface area contributed by atoms with Crippen molar-refractivity contribution in [2.24, 2.45) is 7.05 Å². The van der Waals surface area contributed by atoms with Gasteiger partial charge in [-0.25, -0.2) is 13.4 Å². The van der Waals surface area contributed by atoms with Gasteiger partial charge >= 0.3 is 0 Å². The molecule has 0 bridgehead atoms. The zero-order valence-corrected chi connectivity index (χ0v) is 19.7. The number of likely N-dealkylation sites (tertiary alicyclic amines) is 1. The van der Waals surface area contributed by atoms with Crippen LogP contribution >= 0.6 is 11.3 Å². The molecule has 1 amide bonds. The summed E-state index contributed by atoms with van der Waals surface area (Å²) in [5.41, 5.74) is 3.73. The van der Waals surface area contributed by atoms with Crippen LogP contribution in [-0.2, 0) is 17.1 Å². The predicted molar refractivity (Wildman–Crippen MR) is 123 cm³/mol. The number of carbonyl (C=O) groups is 1. The molecule has 0 unspecified atom stereocenters. The number of thiazole rings is 1. The smallest absolute Gasteiger partial charge is 0.265 e. The van der Waals surface area contributed by atoms with E-state index in [1.165, 1.54) is 11.3 Å². The number of hydrogen-bond acceptors (Lipinski definition) is 5. The molecule has 0 aliphatic carbocycles. The van der Waals surface area contributed by atoms with Crippen LogP contribution in [0.4, 0.5) is 5.69 Å². The van der Waals surface area contributed by atoms with Crippen molar-refractivity contribution in [2.75, 3.05) is 17.8 Å². The first kappa shape index (κ1) is 21.6. The van der Waals surface area contributed by atoms with E-state index in [0.717, 1.165) is 37.1 Å². The minimum Gasteiger partial charge on any atom is -0.347 e. The van der Waals surface area contributed by atoms with Crippen LogP contribution in [0, 0.1) is 20.8 Å². The minimum atomic E-state index is -3.76. The van der Waals surface area contributed by atoms with Gasteiger partial charge in [0.1, 0.15) is 14.8 Å². The third-order valence-electron chi connectivity index (χ3n) is 5.53. The van der Waals surface area contributed by atoms with Gasteiger partial charge in [-0.05, 0) is 56.9 Å². The molecule has 164 valence electrons. The lowest BCUT2D eigenvalue weighted by molar-refractivity contribution is 0.0796. The van der Waals surface area contributed by atoms with E-state index in [2.05, 4.69) is 9.71 Å². The topological polar surface area (TPSA) is 84.3 Å². The molecule has 0 atom stereocenters. The fraction of sp³-hybridized carbons (Fsp3) is 0.364. The van der Waals surface area contributed by atoms with Crippen LogP contribution in [-0.4, -0.2) is 41.9 Å². The zero-order valence-electron chi connectivity index (χ0n) is 18.1. The average Bonchev–Trinajstić information content (AvgIpc) is 3.44. The van der Waals surface area contributed by atoms with E-state index in [-0.39, 0.29) is 10.8 Å². The van der Waals surface area contributed by atoms with Gasteiger partial charge in [-0.2, -0.15) is 0 Å². The Morgan fingerprint density at radius 2 is 1.84 bits per heavy atom. The van der Waals surface area contributed by atoms with Gasteiger partial charge in [0.2, 0.25) is 0 Å². The van der Waals surface area contributed by atoms with Crippen LogP contribution in [0.5, 0.6) is 0 Å². The summed E-state index contributed by atoms with van der Waals surface area (Å²) in [6, 6.07) is 7.26. The van der Waals surface area contributed by atoms with E-state index in [1.807, 2.05) is 43.9 Å². The third kappa shape index (κ3) is 4.24. The molecule has 7 nitrogen and oxygen atoms in total. The lowest BCUT2D eigenvalue weighted by Gasteiger charge is -2.13. The maximum atomic E-state index is 13.0. The van der Waals surface area contributed by atoms with Gasteiger partial charge in [0.15, 0.2) is 0 Å². The highest BCUT2D eigenvalue weighted by Crippen LogP contribution is 2.32. The van der Waals surface area contributed by atoms with Crippen LogP contribution < -0.4 is 4.72 Å². The van der Waals surface area contributed by atoms with Gasteiger partial charge in [-0.3, -0.25) is 9.52 Å². The second kappa shape index (κ2) is 8.12. The van der Waals surface area contributed by atoms with Crippen molar-refractivity contribution in [1.29, 1.82) is 0 Å². The Kier molecular flexibility index (Phi) is 5.65. The normalized spacial score (nSPS) is 14.3. The van der Waals surface area contributed by atoms with Gasteiger partial charge in [0.25, 0.3) is 15.9 Å². The minimum absolute atomic E-state index is 0.0115. The third-order valence-corrected chi connectivity index (χ3v) is 8.03. The molecule has 31 heavy (non-hydrogen) atoms. The first-order valence-corrected chi connectivity index (χ1v) is 12.5. The van der Waals surface area contributed by atoms with E-state index >= 15 is 0 Å². The summed E-state index contributed by atoms with van der Waals surface area (Å²) < 4.78 is 30.5. The van der Waals surface area contributed by atoms with Crippen molar-refractivity contribution >= 4 is 33.0 Å². The Morgan fingerprint density at radius 3 is 2.55 bits per heavy atom. The number of aromatic nitrogens is 2. The number of amides is 1. The summed E-state index contributed by atoms with van der Waals surface area (Å²) in [6.07, 6.45) is 3.63. The highest BCUT2D eigenvalue weighted by atomic mass is 32.2. The first-order valence-electron chi connectivity index (χ1n) is 10.2. The lowest BCUT2D eigenvalue weighted by atomic mass is 10.1. The molecule has 1 aliphatic rings. The molecule has 1 aliphatic heterocycles. The molecule has 1 N–H and O–H groups in total. The quantitative estimate of drug-likeness (QED) is 0.624. The number of aryl methyl sites for hydroxylation is 4. The van der Waals surface area contributed by atoms with Crippen LogP contribution in [0.3, 0.4) is 0 Å². The summed E-state index contributed by atoms with van der Waals surface area (Å²) in [5.74, 6) is 0.0115. The highest BCUT2D eigenvalue weighted by molar-refractivity contribution is 7.92. The summed E-state index contributed by atoms with van der Waals surface area (Å²) >= 11 is 1.32. The molecule has 9 heteroatoms. The number of anilines is 1. The van der Waals surface area contributed by atoms with Crippen LogP contribution in [0.1, 0.15) is 39.3 Å². The number of nitrogens with zero attached hydrogens (tertiary/aromatic N) is 3. The second-order valence-electron chi connectivity index (χ2n) is 8.03. The van der Waals surface area contributed by atoms with Gasteiger partial charge in [0.05, 0.1) is 17.1 Å². The molecule has 0 spiro atoms. The Labute approximate surface area is 186 Å². The number of benzene rings is 1. The molecule has 0 saturated carbocycles. The maximum Gasteiger partial charge on any atom is 0.265 e. The molecular formula is C22H26N4O3S2. The fourth-order valence-corrected chi connectivity index (χ4v) is 6.00. The van der Waals surface area contributed by atoms with Crippen LogP contribution in [0.2, 0.25) is 0 Å². The van der Waals surface area contributed by atoms with Gasteiger partial charge < -0.3 is 9.47 Å². The summed E-state index contributed by atoms with van der Waals surface area (Å²) in [7, 11) is -1.98. The maximum absolute atomic E-state index is 13.0. The molecule has 1 fully saturated rings. The van der Waals surface area contributed by atoms with E-state index in [4.69, 9.17) is 0 Å². The lowest BCUT2D eigenvalue weighted by Crippen LogP contribution is -2.27. The largest absolute Gasteiger partial charge is 0.347 e. The zero-order chi connectivity index (χ0) is 22.3. The summed E-state index contributed by atoms with van der Waals surface area (Å²) in [4.78, 5) is 20.0. The van der Waals surface area contributed by atoms with Crippen molar-refractivity contribution in [3.8, 4) is 10.7 Å². The van der Waals surface area contributed by atoms with Crippen LogP contribution in [0.25, 0.3) is 10.7 Å². The second-order valence-corrected chi connectivity index (χ2v) is 10.7. The van der Waals surface area contributed by atoms with E-state index in [9.17, 15) is 13.2 Å². The van der Waals surface area contributed by atoms with Crippen molar-refractivity contribution in [1.82, 2.24) is 14.5 Å². The predicted octanol–water partition coefficient (Wildman–Crippen LogP) is 4.11. The van der Waals surface area contributed by atoms with E-state index < -0.39 is 10.0 Å². The highest BCUT2D eigenvalue weighted by Gasteiger charge is 2.26. The molecule has 1 saturated heterocycles. The Hall–Kier alpha value is -2.65. The molecule has 3 aromatic rings. The van der Waals surface area contributed by atoms with Crippen LogP contribution in [0.15, 0.2) is 35.4 Å². The van der Waals surface area contributed by atoms with Crippen molar-refractivity contribution in [3.05, 3.63) is 52.2 Å². The van der Waals surface area contributed by atoms with E-state index in [0.29, 0.717) is 27.0 Å². The average molecular weight is 459 g/mol. The Bertz CT molecular complexity index is 1250. The first-order chi connectivity index (χ1) is 14.7. The van der Waals surface area contributed by atoms with E-state index in [1.54, 1.807) is 23.9 Å². The summed E-state index contributed by atoms with van der Waals surface area (Å²) in [5, 5.41) is 0.635. The Balaban J connectivity index is 1.64. The number of nitrogens with one attached hydrogen (secondary N) is 1. The van der Waals surface area contributed by atoms with Gasteiger partial charge in [-0.1, -0.05) is 12.1 Å². The fourth-order valence-electron chi connectivity index (χ4n) is 3.71. The van der Waals surface area contributed by atoms with Crippen molar-refractivity contribution in [2.45, 2.75) is 38.5 Å². The molecule has 2 aromatic heterocycles. The molecule has 1 aromatic carbocycles. The monoisotopic (exact) mass is 458 g/mol. The molecule has 3 heterocycles.